The molecule has 2 aliphatic rings. The van der Waals surface area contributed by atoms with E-state index >= 15 is 0 Å². The fraction of sp³-hybridized carbons (Fsp3) is 0.682. The van der Waals surface area contributed by atoms with E-state index in [2.05, 4.69) is 60.7 Å². The Balaban J connectivity index is 1.63. The number of rotatable bonds is 5. The van der Waals surface area contributed by atoms with Crippen LogP contribution in [0.3, 0.4) is 0 Å². The van der Waals surface area contributed by atoms with Gasteiger partial charge in [0.2, 0.25) is 0 Å². The van der Waals surface area contributed by atoms with Gasteiger partial charge in [-0.1, -0.05) is 30.3 Å². The number of benzene rings is 1. The van der Waals surface area contributed by atoms with Gasteiger partial charge in [0.1, 0.15) is 0 Å². The molecule has 1 aromatic rings. The van der Waals surface area contributed by atoms with Gasteiger partial charge in [-0.05, 0) is 72.0 Å². The molecule has 27 heavy (non-hydrogen) atoms. The van der Waals surface area contributed by atoms with E-state index in [1.54, 1.807) is 0 Å². The van der Waals surface area contributed by atoms with Gasteiger partial charge >= 0.3 is 6.03 Å². The van der Waals surface area contributed by atoms with Gasteiger partial charge < -0.3 is 20.9 Å². The number of carbonyl (C=O) groups is 1. The Hall–Kier alpha value is -1.59. The molecule has 3 rings (SSSR count). The summed E-state index contributed by atoms with van der Waals surface area (Å²) in [5.41, 5.74) is 1.22. The number of nitrogens with zero attached hydrogens (tertiary/aromatic N) is 1. The minimum absolute atomic E-state index is 0.0204. The first kappa shape index (κ1) is 20.2. The predicted molar refractivity (Wildman–Crippen MR) is 111 cm³/mol. The second-order valence-electron chi connectivity index (χ2n) is 9.59. The normalized spacial score (nSPS) is 23.7. The van der Waals surface area contributed by atoms with E-state index in [0.717, 1.165) is 32.5 Å². The molecular formula is C22H36N4O. The standard InChI is InChI=1S/C22H36N4O/c1-21(2)14-18(15-22(3,4)25-21)23-20(27)24-19(16-26-12-8-9-13-26)17-10-6-5-7-11-17/h5-7,10-11,18-19,25H,8-9,12-16H2,1-4H3,(H2,23,24,27). The predicted octanol–water partition coefficient (Wildman–Crippen LogP) is 3.43. The third kappa shape index (κ3) is 5.94. The lowest BCUT2D eigenvalue weighted by Gasteiger charge is -2.46. The minimum atomic E-state index is -0.0541. The fourth-order valence-electron chi connectivity index (χ4n) is 4.95. The molecule has 2 saturated heterocycles. The van der Waals surface area contributed by atoms with E-state index in [-0.39, 0.29) is 29.2 Å². The first-order valence-electron chi connectivity index (χ1n) is 10.4. The van der Waals surface area contributed by atoms with Gasteiger partial charge in [0.05, 0.1) is 6.04 Å². The van der Waals surface area contributed by atoms with Crippen molar-refractivity contribution in [1.29, 1.82) is 0 Å². The molecule has 0 saturated carbocycles. The number of nitrogens with one attached hydrogen (secondary N) is 3. The zero-order chi connectivity index (χ0) is 19.5. The van der Waals surface area contributed by atoms with Crippen LogP contribution < -0.4 is 16.0 Å². The molecule has 0 aromatic heterocycles. The molecule has 2 heterocycles. The Morgan fingerprint density at radius 1 is 1.11 bits per heavy atom. The van der Waals surface area contributed by atoms with Crippen LogP contribution in [0, 0.1) is 0 Å². The number of hydrogen-bond acceptors (Lipinski definition) is 3. The summed E-state index contributed by atoms with van der Waals surface area (Å²) >= 11 is 0. The molecule has 2 amide bonds. The van der Waals surface area contributed by atoms with E-state index in [4.69, 9.17) is 0 Å². The van der Waals surface area contributed by atoms with Crippen molar-refractivity contribution in [2.24, 2.45) is 0 Å². The van der Waals surface area contributed by atoms with Crippen LogP contribution in [0.25, 0.3) is 0 Å². The highest BCUT2D eigenvalue weighted by atomic mass is 16.2. The number of urea groups is 1. The van der Waals surface area contributed by atoms with Crippen molar-refractivity contribution in [2.45, 2.75) is 76.5 Å². The Morgan fingerprint density at radius 2 is 1.70 bits per heavy atom. The molecular weight excluding hydrogens is 336 g/mol. The summed E-state index contributed by atoms with van der Waals surface area (Å²) in [5.74, 6) is 0. The Bertz CT molecular complexity index is 606. The summed E-state index contributed by atoms with van der Waals surface area (Å²) in [5, 5.41) is 10.2. The van der Waals surface area contributed by atoms with Gasteiger partial charge in [0.15, 0.2) is 0 Å². The SMILES string of the molecule is CC1(C)CC(NC(=O)NC(CN2CCCC2)c2ccccc2)CC(C)(C)N1. The van der Waals surface area contributed by atoms with Gasteiger partial charge in [-0.25, -0.2) is 4.79 Å². The molecule has 0 spiro atoms. The average Bonchev–Trinajstić information content (AvgIpc) is 3.05. The molecule has 1 unspecified atom stereocenters. The number of piperidine rings is 1. The minimum Gasteiger partial charge on any atom is -0.335 e. The second-order valence-corrected chi connectivity index (χ2v) is 9.59. The zero-order valence-corrected chi connectivity index (χ0v) is 17.3. The van der Waals surface area contributed by atoms with Crippen molar-refractivity contribution in [3.05, 3.63) is 35.9 Å². The van der Waals surface area contributed by atoms with E-state index in [1.165, 1.54) is 18.4 Å². The lowest BCUT2D eigenvalue weighted by molar-refractivity contribution is 0.146. The molecule has 150 valence electrons. The van der Waals surface area contributed by atoms with Crippen molar-refractivity contribution in [3.8, 4) is 0 Å². The van der Waals surface area contributed by atoms with Crippen LogP contribution in [0.5, 0.6) is 0 Å². The Labute approximate surface area is 164 Å². The van der Waals surface area contributed by atoms with Crippen LogP contribution in [0.4, 0.5) is 4.79 Å². The summed E-state index contributed by atoms with van der Waals surface area (Å²) in [6, 6.07) is 10.5. The third-order valence-corrected chi connectivity index (χ3v) is 5.67. The maximum absolute atomic E-state index is 12.8. The first-order valence-corrected chi connectivity index (χ1v) is 10.4. The van der Waals surface area contributed by atoms with E-state index in [0.29, 0.717) is 0 Å². The summed E-state index contributed by atoms with van der Waals surface area (Å²) in [7, 11) is 0. The van der Waals surface area contributed by atoms with Crippen molar-refractivity contribution in [1.82, 2.24) is 20.9 Å². The quantitative estimate of drug-likeness (QED) is 0.742. The molecule has 5 nitrogen and oxygen atoms in total. The Morgan fingerprint density at radius 3 is 2.30 bits per heavy atom. The maximum atomic E-state index is 12.8. The molecule has 1 aromatic carbocycles. The van der Waals surface area contributed by atoms with Crippen molar-refractivity contribution in [3.63, 3.8) is 0 Å². The van der Waals surface area contributed by atoms with Crippen LogP contribution in [-0.2, 0) is 0 Å². The third-order valence-electron chi connectivity index (χ3n) is 5.67. The highest BCUT2D eigenvalue weighted by Gasteiger charge is 2.38. The molecule has 2 fully saturated rings. The van der Waals surface area contributed by atoms with Gasteiger partial charge in [-0.3, -0.25) is 0 Å². The molecule has 3 N–H and O–H groups in total. The van der Waals surface area contributed by atoms with Gasteiger partial charge in [-0.2, -0.15) is 0 Å². The van der Waals surface area contributed by atoms with Crippen LogP contribution in [0.1, 0.15) is 65.0 Å². The highest BCUT2D eigenvalue weighted by Crippen LogP contribution is 2.28. The van der Waals surface area contributed by atoms with E-state index in [9.17, 15) is 4.79 Å². The number of likely N-dealkylation sites (tertiary alicyclic amines) is 1. The summed E-state index contributed by atoms with van der Waals surface area (Å²) in [6.07, 6.45) is 4.39. The number of hydrogen-bond donors (Lipinski definition) is 3. The Kier molecular flexibility index (Phi) is 6.11. The molecule has 0 bridgehead atoms. The summed E-state index contributed by atoms with van der Waals surface area (Å²) < 4.78 is 0. The molecule has 0 radical (unpaired) electrons. The van der Waals surface area contributed by atoms with Crippen LogP contribution in [-0.4, -0.2) is 47.7 Å². The maximum Gasteiger partial charge on any atom is 0.315 e. The summed E-state index contributed by atoms with van der Waals surface area (Å²) in [6.45, 7) is 12.0. The van der Waals surface area contributed by atoms with Crippen molar-refractivity contribution >= 4 is 6.03 Å². The fourth-order valence-corrected chi connectivity index (χ4v) is 4.95. The van der Waals surface area contributed by atoms with Crippen LogP contribution in [0.15, 0.2) is 30.3 Å². The number of carbonyl (C=O) groups excluding carboxylic acids is 1. The lowest BCUT2D eigenvalue weighted by atomic mass is 9.80. The number of amides is 2. The van der Waals surface area contributed by atoms with Gasteiger partial charge in [0, 0.05) is 23.7 Å². The second kappa shape index (κ2) is 8.19. The van der Waals surface area contributed by atoms with Crippen LogP contribution in [0.2, 0.25) is 0 Å². The smallest absolute Gasteiger partial charge is 0.315 e. The van der Waals surface area contributed by atoms with E-state index < -0.39 is 0 Å². The lowest BCUT2D eigenvalue weighted by Crippen LogP contribution is -2.62. The van der Waals surface area contributed by atoms with Crippen molar-refractivity contribution < 1.29 is 4.79 Å². The molecule has 5 heteroatoms. The monoisotopic (exact) mass is 372 g/mol. The molecule has 1 atom stereocenters. The molecule has 0 aliphatic carbocycles. The molecule has 2 aliphatic heterocycles. The largest absolute Gasteiger partial charge is 0.335 e. The van der Waals surface area contributed by atoms with Crippen LogP contribution >= 0.6 is 0 Å². The summed E-state index contributed by atoms with van der Waals surface area (Å²) in [4.78, 5) is 15.3. The zero-order valence-electron chi connectivity index (χ0n) is 17.3. The average molecular weight is 373 g/mol. The van der Waals surface area contributed by atoms with E-state index in [1.807, 2.05) is 18.2 Å². The highest BCUT2D eigenvalue weighted by molar-refractivity contribution is 5.75. The van der Waals surface area contributed by atoms with Crippen molar-refractivity contribution in [2.75, 3.05) is 19.6 Å². The first-order chi connectivity index (χ1) is 12.7. The topological polar surface area (TPSA) is 56.4 Å². The van der Waals surface area contributed by atoms with Gasteiger partial charge in [-0.15, -0.1) is 0 Å². The van der Waals surface area contributed by atoms with Gasteiger partial charge in [0.25, 0.3) is 0 Å².